The number of amides is 1. The molecule has 0 aliphatic carbocycles. The molecule has 1 aliphatic rings. The number of hydrogen-bond acceptors (Lipinski definition) is 3. The molecule has 0 spiro atoms. The Balaban J connectivity index is 2.04. The van der Waals surface area contributed by atoms with E-state index >= 15 is 0 Å². The first kappa shape index (κ1) is 14.0. The van der Waals surface area contributed by atoms with Gasteiger partial charge in [-0.1, -0.05) is 24.3 Å². The number of ether oxygens (including phenoxy) is 1. The lowest BCUT2D eigenvalue weighted by Gasteiger charge is -2.37. The average molecular weight is 263 g/mol. The van der Waals surface area contributed by atoms with Crippen molar-refractivity contribution in [3.8, 4) is 0 Å². The van der Waals surface area contributed by atoms with Crippen molar-refractivity contribution < 1.29 is 14.6 Å². The van der Waals surface area contributed by atoms with E-state index in [1.54, 1.807) is 0 Å². The minimum Gasteiger partial charge on any atom is -0.394 e. The quantitative estimate of drug-likeness (QED) is 0.890. The van der Waals surface area contributed by atoms with E-state index in [0.29, 0.717) is 19.6 Å². The lowest BCUT2D eigenvalue weighted by molar-refractivity contribution is -0.145. The monoisotopic (exact) mass is 263 g/mol. The Morgan fingerprint density at radius 3 is 2.89 bits per heavy atom. The summed E-state index contributed by atoms with van der Waals surface area (Å²) in [6.45, 7) is 4.92. The second kappa shape index (κ2) is 6.17. The van der Waals surface area contributed by atoms with Crippen LogP contribution in [0.15, 0.2) is 24.3 Å². The third-order valence-electron chi connectivity index (χ3n) is 3.63. The molecule has 4 heteroatoms. The maximum Gasteiger partial charge on any atom is 0.227 e. The van der Waals surface area contributed by atoms with Gasteiger partial charge in [-0.15, -0.1) is 0 Å². The van der Waals surface area contributed by atoms with Crippen molar-refractivity contribution in [2.24, 2.45) is 0 Å². The van der Waals surface area contributed by atoms with Crippen LogP contribution in [-0.4, -0.2) is 47.8 Å². The fourth-order valence-corrected chi connectivity index (χ4v) is 2.35. The topological polar surface area (TPSA) is 49.8 Å². The van der Waals surface area contributed by atoms with Crippen molar-refractivity contribution in [2.75, 3.05) is 19.8 Å². The summed E-state index contributed by atoms with van der Waals surface area (Å²) in [4.78, 5) is 14.2. The first-order valence-electron chi connectivity index (χ1n) is 6.68. The van der Waals surface area contributed by atoms with E-state index in [0.717, 1.165) is 11.1 Å². The normalized spacial score (nSPS) is 23.4. The minimum absolute atomic E-state index is 0.0408. The van der Waals surface area contributed by atoms with E-state index in [9.17, 15) is 4.79 Å². The molecule has 19 heavy (non-hydrogen) atoms. The number of morpholine rings is 1. The number of rotatable bonds is 3. The van der Waals surface area contributed by atoms with Crippen molar-refractivity contribution in [2.45, 2.75) is 32.4 Å². The molecule has 4 nitrogen and oxygen atoms in total. The predicted octanol–water partition coefficient (Wildman–Crippen LogP) is 1.15. The molecule has 1 fully saturated rings. The fraction of sp³-hybridized carbons (Fsp3) is 0.533. The largest absolute Gasteiger partial charge is 0.394 e. The highest BCUT2D eigenvalue weighted by Gasteiger charge is 2.29. The Labute approximate surface area is 114 Å². The first-order chi connectivity index (χ1) is 9.11. The van der Waals surface area contributed by atoms with Crippen LogP contribution in [-0.2, 0) is 16.0 Å². The van der Waals surface area contributed by atoms with Crippen molar-refractivity contribution in [3.63, 3.8) is 0 Å². The molecule has 1 aromatic carbocycles. The number of nitrogens with zero attached hydrogens (tertiary/aromatic N) is 1. The second-order valence-electron chi connectivity index (χ2n) is 5.14. The third-order valence-corrected chi connectivity index (χ3v) is 3.63. The van der Waals surface area contributed by atoms with Crippen LogP contribution >= 0.6 is 0 Å². The molecule has 104 valence electrons. The Bertz CT molecular complexity index is 447. The molecule has 1 aromatic rings. The molecular formula is C15H21NO3. The van der Waals surface area contributed by atoms with Crippen LogP contribution in [0, 0.1) is 6.92 Å². The van der Waals surface area contributed by atoms with Crippen LogP contribution in [0.1, 0.15) is 18.1 Å². The van der Waals surface area contributed by atoms with Gasteiger partial charge in [0.1, 0.15) is 0 Å². The molecule has 0 aromatic heterocycles. The van der Waals surface area contributed by atoms with E-state index in [1.807, 2.05) is 43.0 Å². The molecule has 1 aliphatic heterocycles. The van der Waals surface area contributed by atoms with Crippen LogP contribution in [0.2, 0.25) is 0 Å². The summed E-state index contributed by atoms with van der Waals surface area (Å²) in [5.41, 5.74) is 2.20. The predicted molar refractivity (Wildman–Crippen MR) is 72.9 cm³/mol. The van der Waals surface area contributed by atoms with Gasteiger partial charge >= 0.3 is 0 Å². The van der Waals surface area contributed by atoms with Crippen molar-refractivity contribution in [1.29, 1.82) is 0 Å². The molecule has 1 amide bonds. The van der Waals surface area contributed by atoms with Crippen LogP contribution in [0.25, 0.3) is 0 Å². The number of aliphatic hydroxyl groups excluding tert-OH is 1. The van der Waals surface area contributed by atoms with Gasteiger partial charge in [0.15, 0.2) is 0 Å². The molecule has 2 atom stereocenters. The van der Waals surface area contributed by atoms with Crippen LogP contribution in [0.4, 0.5) is 0 Å². The highest BCUT2D eigenvalue weighted by atomic mass is 16.5. The minimum atomic E-state index is -0.253. The zero-order valence-corrected chi connectivity index (χ0v) is 11.5. The summed E-state index contributed by atoms with van der Waals surface area (Å²) >= 11 is 0. The molecule has 0 saturated carbocycles. The summed E-state index contributed by atoms with van der Waals surface area (Å²) in [5, 5.41) is 9.15. The van der Waals surface area contributed by atoms with Gasteiger partial charge in [-0.25, -0.2) is 0 Å². The number of benzene rings is 1. The fourth-order valence-electron chi connectivity index (χ4n) is 2.35. The lowest BCUT2D eigenvalue weighted by atomic mass is 10.0. The number of aliphatic hydroxyl groups is 1. The van der Waals surface area contributed by atoms with E-state index in [-0.39, 0.29) is 24.7 Å². The number of hydrogen-bond donors (Lipinski definition) is 1. The van der Waals surface area contributed by atoms with Gasteiger partial charge in [0, 0.05) is 6.54 Å². The van der Waals surface area contributed by atoms with Gasteiger partial charge in [0.2, 0.25) is 5.91 Å². The van der Waals surface area contributed by atoms with Crippen LogP contribution in [0.3, 0.4) is 0 Å². The number of carbonyl (C=O) groups excluding carboxylic acids is 1. The second-order valence-corrected chi connectivity index (χ2v) is 5.14. The Morgan fingerprint density at radius 2 is 2.21 bits per heavy atom. The molecule has 1 N–H and O–H groups in total. The summed E-state index contributed by atoms with van der Waals surface area (Å²) in [6, 6.07) is 8.00. The van der Waals surface area contributed by atoms with Gasteiger partial charge < -0.3 is 14.7 Å². The molecule has 0 radical (unpaired) electrons. The van der Waals surface area contributed by atoms with E-state index in [2.05, 4.69) is 0 Å². The van der Waals surface area contributed by atoms with Crippen LogP contribution < -0.4 is 0 Å². The standard InChI is InChI=1S/C15H21NO3/c1-11-5-3-4-6-13(11)7-15(18)16-8-14(9-17)19-10-12(16)2/h3-6,12,14,17H,7-10H2,1-2H3. The SMILES string of the molecule is Cc1ccccc1CC(=O)N1CC(CO)OCC1C. The Morgan fingerprint density at radius 1 is 1.47 bits per heavy atom. The number of aryl methyl sites for hydroxylation is 1. The first-order valence-corrected chi connectivity index (χ1v) is 6.68. The summed E-state index contributed by atoms with van der Waals surface area (Å²) in [6.07, 6.45) is 0.159. The maximum atomic E-state index is 12.4. The van der Waals surface area contributed by atoms with Crippen LogP contribution in [0.5, 0.6) is 0 Å². The molecule has 2 unspecified atom stereocenters. The lowest BCUT2D eigenvalue weighted by Crippen LogP contribution is -2.52. The molecule has 1 saturated heterocycles. The highest BCUT2D eigenvalue weighted by molar-refractivity contribution is 5.79. The molecular weight excluding hydrogens is 242 g/mol. The summed E-state index contributed by atoms with van der Waals surface area (Å²) in [5.74, 6) is 0.101. The zero-order valence-electron chi connectivity index (χ0n) is 11.5. The van der Waals surface area contributed by atoms with Gasteiger partial charge in [0.05, 0.1) is 31.8 Å². The number of carbonyl (C=O) groups is 1. The average Bonchev–Trinajstić information content (AvgIpc) is 2.42. The summed E-state index contributed by atoms with van der Waals surface area (Å²) < 4.78 is 5.45. The third kappa shape index (κ3) is 3.33. The van der Waals surface area contributed by atoms with E-state index < -0.39 is 0 Å². The zero-order chi connectivity index (χ0) is 13.8. The van der Waals surface area contributed by atoms with Gasteiger partial charge in [-0.3, -0.25) is 4.79 Å². The molecule has 1 heterocycles. The maximum absolute atomic E-state index is 12.4. The molecule has 0 bridgehead atoms. The Kier molecular flexibility index (Phi) is 4.56. The van der Waals surface area contributed by atoms with Crippen molar-refractivity contribution in [1.82, 2.24) is 4.90 Å². The van der Waals surface area contributed by atoms with Gasteiger partial charge in [-0.05, 0) is 25.0 Å². The van der Waals surface area contributed by atoms with Crippen molar-refractivity contribution >= 4 is 5.91 Å². The smallest absolute Gasteiger partial charge is 0.227 e. The van der Waals surface area contributed by atoms with Gasteiger partial charge in [-0.2, -0.15) is 0 Å². The van der Waals surface area contributed by atoms with Gasteiger partial charge in [0.25, 0.3) is 0 Å². The van der Waals surface area contributed by atoms with E-state index in [1.165, 1.54) is 0 Å². The van der Waals surface area contributed by atoms with Crippen molar-refractivity contribution in [3.05, 3.63) is 35.4 Å². The van der Waals surface area contributed by atoms with E-state index in [4.69, 9.17) is 9.84 Å². The Hall–Kier alpha value is -1.39. The molecule has 2 rings (SSSR count). The summed E-state index contributed by atoms with van der Waals surface area (Å²) in [7, 11) is 0. The highest BCUT2D eigenvalue weighted by Crippen LogP contribution is 2.15.